The van der Waals surface area contributed by atoms with Crippen molar-refractivity contribution in [2.45, 2.75) is 39.7 Å². The standard InChI is InChI=1S/C18H27N5OS/c1-14-13-25-17(19-14)22-10-7-21(8-11-22)9-12-23-16(24)6-5-15(20-23)18(2,3)4/h5-6,13H,7-12H2,1-4H3. The highest BCUT2D eigenvalue weighted by atomic mass is 32.1. The summed E-state index contributed by atoms with van der Waals surface area (Å²) in [6.45, 7) is 13.8. The highest BCUT2D eigenvalue weighted by Crippen LogP contribution is 2.21. The van der Waals surface area contributed by atoms with Gasteiger partial charge in [-0.3, -0.25) is 9.69 Å². The lowest BCUT2D eigenvalue weighted by atomic mass is 9.92. The molecule has 1 aliphatic rings. The number of aromatic nitrogens is 3. The zero-order chi connectivity index (χ0) is 18.0. The highest BCUT2D eigenvalue weighted by Gasteiger charge is 2.20. The summed E-state index contributed by atoms with van der Waals surface area (Å²) < 4.78 is 1.61. The van der Waals surface area contributed by atoms with Gasteiger partial charge in [-0.25, -0.2) is 9.67 Å². The molecule has 0 saturated carbocycles. The van der Waals surface area contributed by atoms with Gasteiger partial charge in [-0.1, -0.05) is 20.8 Å². The number of aryl methyl sites for hydroxylation is 1. The first kappa shape index (κ1) is 18.1. The topological polar surface area (TPSA) is 54.3 Å². The van der Waals surface area contributed by atoms with Crippen molar-refractivity contribution in [3.05, 3.63) is 39.3 Å². The Morgan fingerprint density at radius 3 is 2.44 bits per heavy atom. The van der Waals surface area contributed by atoms with Gasteiger partial charge in [0.25, 0.3) is 5.56 Å². The number of nitrogens with zero attached hydrogens (tertiary/aromatic N) is 5. The van der Waals surface area contributed by atoms with Crippen LogP contribution in [0.3, 0.4) is 0 Å². The smallest absolute Gasteiger partial charge is 0.266 e. The van der Waals surface area contributed by atoms with Crippen LogP contribution in [0.25, 0.3) is 0 Å². The van der Waals surface area contributed by atoms with Crippen molar-refractivity contribution in [2.75, 3.05) is 37.6 Å². The SMILES string of the molecule is Cc1csc(N2CCN(CCn3nc(C(C)(C)C)ccc3=O)CC2)n1. The van der Waals surface area contributed by atoms with Gasteiger partial charge < -0.3 is 4.90 Å². The van der Waals surface area contributed by atoms with Gasteiger partial charge in [-0.2, -0.15) is 5.10 Å². The number of anilines is 1. The van der Waals surface area contributed by atoms with E-state index in [2.05, 4.69) is 46.0 Å². The van der Waals surface area contributed by atoms with Crippen LogP contribution in [0.1, 0.15) is 32.2 Å². The lowest BCUT2D eigenvalue weighted by Gasteiger charge is -2.34. The first-order valence-corrected chi connectivity index (χ1v) is 9.69. The molecular weight excluding hydrogens is 334 g/mol. The Morgan fingerprint density at radius 1 is 1.12 bits per heavy atom. The summed E-state index contributed by atoms with van der Waals surface area (Å²) in [5.74, 6) is 0. The van der Waals surface area contributed by atoms with Gasteiger partial charge in [0, 0.05) is 49.6 Å². The summed E-state index contributed by atoms with van der Waals surface area (Å²) in [7, 11) is 0. The van der Waals surface area contributed by atoms with Crippen LogP contribution in [-0.2, 0) is 12.0 Å². The van der Waals surface area contributed by atoms with Gasteiger partial charge in [-0.05, 0) is 13.0 Å². The van der Waals surface area contributed by atoms with Crippen molar-refractivity contribution in [3.63, 3.8) is 0 Å². The summed E-state index contributed by atoms with van der Waals surface area (Å²) in [6.07, 6.45) is 0. The molecule has 0 bridgehead atoms. The quantitative estimate of drug-likeness (QED) is 0.835. The molecule has 0 N–H and O–H groups in total. The molecule has 25 heavy (non-hydrogen) atoms. The van der Waals surface area contributed by atoms with E-state index in [-0.39, 0.29) is 11.0 Å². The molecule has 0 amide bonds. The molecule has 1 aliphatic heterocycles. The predicted molar refractivity (Wildman–Crippen MR) is 103 cm³/mol. The van der Waals surface area contributed by atoms with E-state index in [0.717, 1.165) is 49.2 Å². The van der Waals surface area contributed by atoms with Gasteiger partial charge in [0.1, 0.15) is 0 Å². The number of hydrogen-bond acceptors (Lipinski definition) is 6. The summed E-state index contributed by atoms with van der Waals surface area (Å²) in [5.41, 5.74) is 1.97. The van der Waals surface area contributed by atoms with Crippen molar-refractivity contribution in [2.24, 2.45) is 0 Å². The minimum absolute atomic E-state index is 0.0232. The number of thiazole rings is 1. The van der Waals surface area contributed by atoms with Crippen molar-refractivity contribution in [3.8, 4) is 0 Å². The van der Waals surface area contributed by atoms with Crippen molar-refractivity contribution in [1.29, 1.82) is 0 Å². The Bertz CT molecular complexity index is 768. The maximum absolute atomic E-state index is 12.1. The molecule has 0 aliphatic carbocycles. The van der Waals surface area contributed by atoms with Crippen LogP contribution in [-0.4, -0.2) is 52.4 Å². The van der Waals surface area contributed by atoms with Crippen LogP contribution in [0.2, 0.25) is 0 Å². The minimum Gasteiger partial charge on any atom is -0.346 e. The molecule has 0 atom stereocenters. The highest BCUT2D eigenvalue weighted by molar-refractivity contribution is 7.13. The molecule has 0 aromatic carbocycles. The second-order valence-corrected chi connectivity index (χ2v) is 8.47. The molecule has 0 radical (unpaired) electrons. The number of hydrogen-bond donors (Lipinski definition) is 0. The van der Waals surface area contributed by atoms with E-state index in [1.807, 2.05) is 13.0 Å². The second-order valence-electron chi connectivity index (χ2n) is 7.63. The number of rotatable bonds is 4. The third-order valence-electron chi connectivity index (χ3n) is 4.51. The zero-order valence-electron chi connectivity index (χ0n) is 15.5. The Balaban J connectivity index is 1.56. The summed E-state index contributed by atoms with van der Waals surface area (Å²) in [5, 5.41) is 7.77. The minimum atomic E-state index is -0.0487. The fourth-order valence-electron chi connectivity index (χ4n) is 2.89. The molecule has 0 spiro atoms. The van der Waals surface area contributed by atoms with Crippen molar-refractivity contribution < 1.29 is 0 Å². The van der Waals surface area contributed by atoms with Crippen LogP contribution in [0.5, 0.6) is 0 Å². The average molecular weight is 362 g/mol. The lowest BCUT2D eigenvalue weighted by molar-refractivity contribution is 0.242. The fraction of sp³-hybridized carbons (Fsp3) is 0.611. The molecule has 0 unspecified atom stereocenters. The zero-order valence-corrected chi connectivity index (χ0v) is 16.3. The third-order valence-corrected chi connectivity index (χ3v) is 5.53. The van der Waals surface area contributed by atoms with E-state index >= 15 is 0 Å². The monoisotopic (exact) mass is 361 g/mol. The fourth-order valence-corrected chi connectivity index (χ4v) is 3.75. The van der Waals surface area contributed by atoms with Crippen LogP contribution >= 0.6 is 11.3 Å². The Hall–Kier alpha value is -1.73. The van der Waals surface area contributed by atoms with E-state index in [0.29, 0.717) is 6.54 Å². The normalized spacial score (nSPS) is 16.4. The van der Waals surface area contributed by atoms with Gasteiger partial charge in [0.2, 0.25) is 0 Å². The van der Waals surface area contributed by atoms with Crippen molar-refractivity contribution in [1.82, 2.24) is 19.7 Å². The molecule has 2 aromatic heterocycles. The van der Waals surface area contributed by atoms with E-state index in [9.17, 15) is 4.79 Å². The van der Waals surface area contributed by atoms with E-state index in [1.54, 1.807) is 22.1 Å². The maximum atomic E-state index is 12.1. The van der Waals surface area contributed by atoms with Crippen LogP contribution < -0.4 is 10.5 Å². The van der Waals surface area contributed by atoms with Gasteiger partial charge in [-0.15, -0.1) is 11.3 Å². The molecule has 6 nitrogen and oxygen atoms in total. The predicted octanol–water partition coefficient (Wildman–Crippen LogP) is 2.13. The average Bonchev–Trinajstić information content (AvgIpc) is 3.00. The Morgan fingerprint density at radius 2 is 1.84 bits per heavy atom. The van der Waals surface area contributed by atoms with Crippen LogP contribution in [0.4, 0.5) is 5.13 Å². The molecule has 3 rings (SSSR count). The van der Waals surface area contributed by atoms with Crippen LogP contribution in [0, 0.1) is 6.92 Å². The molecular formula is C18H27N5OS. The molecule has 136 valence electrons. The number of piperazine rings is 1. The molecule has 1 fully saturated rings. The Kier molecular flexibility index (Phi) is 5.24. The van der Waals surface area contributed by atoms with Gasteiger partial charge in [0.15, 0.2) is 5.13 Å². The summed E-state index contributed by atoms with van der Waals surface area (Å²) in [4.78, 5) is 21.4. The molecule has 2 aromatic rings. The van der Waals surface area contributed by atoms with Crippen molar-refractivity contribution >= 4 is 16.5 Å². The first-order chi connectivity index (χ1) is 11.8. The van der Waals surface area contributed by atoms with Gasteiger partial charge >= 0.3 is 0 Å². The van der Waals surface area contributed by atoms with E-state index in [4.69, 9.17) is 0 Å². The van der Waals surface area contributed by atoms with Crippen LogP contribution in [0.15, 0.2) is 22.3 Å². The summed E-state index contributed by atoms with van der Waals surface area (Å²) in [6, 6.07) is 3.48. The Labute approximate surface area is 153 Å². The maximum Gasteiger partial charge on any atom is 0.266 e. The molecule has 7 heteroatoms. The third kappa shape index (κ3) is 4.46. The second kappa shape index (κ2) is 7.25. The molecule has 1 saturated heterocycles. The largest absolute Gasteiger partial charge is 0.346 e. The molecule has 3 heterocycles. The van der Waals surface area contributed by atoms with E-state index in [1.165, 1.54) is 0 Å². The van der Waals surface area contributed by atoms with Gasteiger partial charge in [0.05, 0.1) is 17.9 Å². The van der Waals surface area contributed by atoms with E-state index < -0.39 is 0 Å². The first-order valence-electron chi connectivity index (χ1n) is 8.81. The summed E-state index contributed by atoms with van der Waals surface area (Å²) >= 11 is 1.71. The lowest BCUT2D eigenvalue weighted by Crippen LogP contribution is -2.47.